The number of H-pyrrole nitrogens is 1. The maximum absolute atomic E-state index is 12.7. The molecule has 0 aliphatic rings. The van der Waals surface area contributed by atoms with Crippen molar-refractivity contribution in [1.82, 2.24) is 10.0 Å². The van der Waals surface area contributed by atoms with E-state index in [-0.39, 0.29) is 24.6 Å². The number of nitrogens with zero attached hydrogens (tertiary/aromatic N) is 3. The second-order valence-electron chi connectivity index (χ2n) is 6.32. The molecular weight excluding hydrogens is 468 g/mol. The number of esters is 1. The number of benzene rings is 2. The number of methoxy groups -OCH3 is 1. The van der Waals surface area contributed by atoms with Crippen LogP contribution in [0, 0.1) is 0 Å². The summed E-state index contributed by atoms with van der Waals surface area (Å²) in [4.78, 5) is 38.6. The normalized spacial score (nSPS) is 10.9. The van der Waals surface area contributed by atoms with E-state index < -0.39 is 11.5 Å². The summed E-state index contributed by atoms with van der Waals surface area (Å²) in [7, 11) is 1.56. The second-order valence-corrected chi connectivity index (χ2v) is 7.24. The number of hydrogen-bond acceptors (Lipinski definition) is 6. The van der Waals surface area contributed by atoms with Crippen LogP contribution in [0.2, 0.25) is 0 Å². The van der Waals surface area contributed by atoms with Crippen molar-refractivity contribution in [3.05, 3.63) is 80.2 Å². The smallest absolute Gasteiger partial charge is 0.434 e. The fourth-order valence-electron chi connectivity index (χ4n) is 2.70. The van der Waals surface area contributed by atoms with Crippen LogP contribution in [0.3, 0.4) is 0 Å². The first-order valence-corrected chi connectivity index (χ1v) is 10.1. The van der Waals surface area contributed by atoms with Crippen LogP contribution >= 0.6 is 15.9 Å². The lowest BCUT2D eigenvalue weighted by atomic mass is 10.1. The van der Waals surface area contributed by atoms with Gasteiger partial charge in [0.1, 0.15) is 5.75 Å². The van der Waals surface area contributed by atoms with Crippen molar-refractivity contribution in [2.24, 2.45) is 5.10 Å². The number of rotatable bonds is 8. The van der Waals surface area contributed by atoms with E-state index in [9.17, 15) is 14.4 Å². The third kappa shape index (κ3) is 5.34. The van der Waals surface area contributed by atoms with Gasteiger partial charge in [0.2, 0.25) is 5.78 Å². The fourth-order valence-corrected chi connectivity index (χ4v) is 2.96. The van der Waals surface area contributed by atoms with Gasteiger partial charge in [0.25, 0.3) is 0 Å². The van der Waals surface area contributed by atoms with Crippen molar-refractivity contribution >= 4 is 33.9 Å². The van der Waals surface area contributed by atoms with Crippen LogP contribution in [0.1, 0.15) is 33.3 Å². The zero-order chi connectivity index (χ0) is 22.4. The Hall–Kier alpha value is -3.53. The number of carbonyl (C=O) groups is 2. The Morgan fingerprint density at radius 2 is 1.84 bits per heavy atom. The number of nitrogens with one attached hydrogen (secondary N) is 1. The molecule has 0 fully saturated rings. The first-order chi connectivity index (χ1) is 14.9. The first kappa shape index (κ1) is 22.2. The average molecular weight is 488 g/mol. The van der Waals surface area contributed by atoms with E-state index in [0.717, 1.165) is 13.9 Å². The Labute approximate surface area is 186 Å². The maximum Gasteiger partial charge on any atom is 0.434 e. The molecule has 0 radical (unpaired) electrons. The van der Waals surface area contributed by atoms with Crippen molar-refractivity contribution in [3.8, 4) is 5.75 Å². The summed E-state index contributed by atoms with van der Waals surface area (Å²) >= 11 is 3.32. The van der Waals surface area contributed by atoms with Gasteiger partial charge in [-0.25, -0.2) is 9.59 Å². The number of ether oxygens (including phenoxy) is 2. The molecular formula is C21H20BrN4O5+. The van der Waals surface area contributed by atoms with Gasteiger partial charge >= 0.3 is 17.2 Å². The SMILES string of the molecule is CCOC(=O)c1c(=O)n(N=Cc2ccc(OC)cc2)[nH][n+]1CC(=O)c1ccc(Br)cc1. The molecule has 0 aliphatic carbocycles. The highest BCUT2D eigenvalue weighted by Crippen LogP contribution is 2.11. The number of carbonyl (C=O) groups excluding carboxylic acids is 2. The van der Waals surface area contributed by atoms with Crippen LogP contribution in [0.4, 0.5) is 0 Å². The standard InChI is InChI=1S/C21H19BrN4O5/c1-3-31-21(29)19-20(28)26(23-12-14-4-10-17(30-2)11-5-14)24-25(19)13-18(27)15-6-8-16(22)9-7-15/h4-12H,3,13H2,1-2H3/p+1. The molecule has 0 unspecified atom stereocenters. The molecule has 0 saturated heterocycles. The molecule has 0 bridgehead atoms. The summed E-state index contributed by atoms with van der Waals surface area (Å²) in [6.07, 6.45) is 1.44. The van der Waals surface area contributed by atoms with Crippen LogP contribution in [0.25, 0.3) is 0 Å². The Balaban J connectivity index is 1.92. The lowest BCUT2D eigenvalue weighted by Crippen LogP contribution is -2.46. The Kier molecular flexibility index (Phi) is 7.14. The molecule has 9 nitrogen and oxygen atoms in total. The molecule has 1 heterocycles. The number of ketones is 1. The lowest BCUT2D eigenvalue weighted by molar-refractivity contribution is -0.744. The minimum Gasteiger partial charge on any atom is -0.497 e. The number of hydrogen-bond donors (Lipinski definition) is 1. The molecule has 10 heteroatoms. The highest BCUT2D eigenvalue weighted by atomic mass is 79.9. The van der Waals surface area contributed by atoms with Gasteiger partial charge in [-0.3, -0.25) is 4.79 Å². The van der Waals surface area contributed by atoms with Gasteiger partial charge in [-0.1, -0.05) is 38.4 Å². The number of aromatic nitrogens is 3. The van der Waals surface area contributed by atoms with Gasteiger partial charge in [0, 0.05) is 14.8 Å². The predicted molar refractivity (Wildman–Crippen MR) is 116 cm³/mol. The molecule has 0 atom stereocenters. The first-order valence-electron chi connectivity index (χ1n) is 9.32. The average Bonchev–Trinajstić information content (AvgIpc) is 3.08. The summed E-state index contributed by atoms with van der Waals surface area (Å²) < 4.78 is 12.0. The molecule has 0 amide bonds. The van der Waals surface area contributed by atoms with Gasteiger partial charge in [-0.05, 0) is 48.9 Å². The molecule has 3 rings (SSSR count). The van der Waals surface area contributed by atoms with E-state index in [4.69, 9.17) is 9.47 Å². The van der Waals surface area contributed by atoms with Crippen LogP contribution in [0.15, 0.2) is 62.9 Å². The summed E-state index contributed by atoms with van der Waals surface area (Å²) in [6, 6.07) is 13.8. The van der Waals surface area contributed by atoms with Gasteiger partial charge in [0.05, 0.1) is 19.9 Å². The van der Waals surface area contributed by atoms with E-state index in [0.29, 0.717) is 16.9 Å². The highest BCUT2D eigenvalue weighted by molar-refractivity contribution is 9.10. The fraction of sp³-hybridized carbons (Fsp3) is 0.190. The Morgan fingerprint density at radius 3 is 2.45 bits per heavy atom. The van der Waals surface area contributed by atoms with Crippen molar-refractivity contribution in [3.63, 3.8) is 0 Å². The largest absolute Gasteiger partial charge is 0.497 e. The van der Waals surface area contributed by atoms with Crippen LogP contribution in [-0.2, 0) is 11.3 Å². The zero-order valence-corrected chi connectivity index (χ0v) is 18.5. The Bertz CT molecular complexity index is 1160. The predicted octanol–water partition coefficient (Wildman–Crippen LogP) is 2.18. The molecule has 0 spiro atoms. The topological polar surface area (TPSA) is 107 Å². The lowest BCUT2D eigenvalue weighted by Gasteiger charge is -2.01. The summed E-state index contributed by atoms with van der Waals surface area (Å²) in [5.41, 5.74) is 0.0873. The molecule has 31 heavy (non-hydrogen) atoms. The Morgan fingerprint density at radius 1 is 1.16 bits per heavy atom. The summed E-state index contributed by atoms with van der Waals surface area (Å²) in [6.45, 7) is 1.44. The molecule has 0 aliphatic heterocycles. The maximum atomic E-state index is 12.7. The van der Waals surface area contributed by atoms with Gasteiger partial charge < -0.3 is 9.47 Å². The summed E-state index contributed by atoms with van der Waals surface area (Å²) in [5, 5.41) is 6.75. The summed E-state index contributed by atoms with van der Waals surface area (Å²) in [5.74, 6) is -0.454. The third-order valence-electron chi connectivity index (χ3n) is 4.26. The highest BCUT2D eigenvalue weighted by Gasteiger charge is 2.31. The minimum atomic E-state index is -0.842. The zero-order valence-electron chi connectivity index (χ0n) is 16.9. The van der Waals surface area contributed by atoms with Crippen LogP contribution < -0.4 is 15.0 Å². The molecule has 160 valence electrons. The van der Waals surface area contributed by atoms with E-state index in [1.807, 2.05) is 0 Å². The van der Waals surface area contributed by atoms with Crippen molar-refractivity contribution in [2.75, 3.05) is 13.7 Å². The number of aromatic amines is 1. The quantitative estimate of drug-likeness (QED) is 0.227. The number of halogens is 1. The van der Waals surface area contributed by atoms with Crippen LogP contribution in [0.5, 0.6) is 5.75 Å². The van der Waals surface area contributed by atoms with Gasteiger partial charge in [-0.15, -0.1) is 4.68 Å². The van der Waals surface area contributed by atoms with E-state index in [1.54, 1.807) is 62.6 Å². The molecule has 0 saturated carbocycles. The van der Waals surface area contributed by atoms with E-state index >= 15 is 0 Å². The van der Waals surface area contributed by atoms with Crippen molar-refractivity contribution < 1.29 is 23.7 Å². The van der Waals surface area contributed by atoms with Crippen molar-refractivity contribution in [1.29, 1.82) is 0 Å². The minimum absolute atomic E-state index is 0.0826. The third-order valence-corrected chi connectivity index (χ3v) is 4.78. The molecule has 2 aromatic carbocycles. The molecule has 1 aromatic heterocycles. The van der Waals surface area contributed by atoms with E-state index in [2.05, 4.69) is 26.2 Å². The van der Waals surface area contributed by atoms with Crippen molar-refractivity contribution in [2.45, 2.75) is 13.5 Å². The van der Waals surface area contributed by atoms with Crippen LogP contribution in [-0.4, -0.2) is 41.7 Å². The van der Waals surface area contributed by atoms with E-state index in [1.165, 1.54) is 6.21 Å². The molecule has 3 aromatic rings. The monoisotopic (exact) mass is 487 g/mol. The van der Waals surface area contributed by atoms with Gasteiger partial charge in [-0.2, -0.15) is 0 Å². The van der Waals surface area contributed by atoms with Gasteiger partial charge in [0.15, 0.2) is 6.54 Å². The number of Topliss-reactive ketones (excluding diaryl/α,β-unsaturated/α-hetero) is 1. The molecule has 1 N–H and O–H groups in total. The second kappa shape index (κ2) is 9.98.